The van der Waals surface area contributed by atoms with Crippen molar-refractivity contribution < 1.29 is 80.2 Å². The van der Waals surface area contributed by atoms with Crippen molar-refractivity contribution in [2.45, 2.75) is 406 Å². The van der Waals surface area contributed by atoms with Crippen LogP contribution in [-0.2, 0) is 65.4 Å². The molecule has 0 aromatic rings. The Morgan fingerprint density at radius 1 is 0.280 bits per heavy atom. The quantitative estimate of drug-likeness (QED) is 0.0169. The van der Waals surface area contributed by atoms with Gasteiger partial charge < -0.3 is 33.8 Å². The van der Waals surface area contributed by atoms with Crippen molar-refractivity contribution >= 4 is 39.5 Å². The third kappa shape index (κ3) is 73.3. The highest BCUT2D eigenvalue weighted by atomic mass is 31.2. The number of ether oxygens (including phenoxy) is 4. The molecular formula is C81H150O17P2. The Labute approximate surface area is 610 Å². The first kappa shape index (κ1) is 97.0. The zero-order valence-corrected chi connectivity index (χ0v) is 65.9. The van der Waals surface area contributed by atoms with Crippen LogP contribution in [0.1, 0.15) is 387 Å². The van der Waals surface area contributed by atoms with Crippen LogP contribution in [0.5, 0.6) is 0 Å². The molecule has 0 radical (unpaired) electrons. The Bertz CT molecular complexity index is 2080. The van der Waals surface area contributed by atoms with Gasteiger partial charge in [-0.2, -0.15) is 0 Å². The number of carbonyl (C=O) groups excluding carboxylic acids is 4. The number of hydrogen-bond acceptors (Lipinski definition) is 15. The topological polar surface area (TPSA) is 237 Å². The highest BCUT2D eigenvalue weighted by Gasteiger charge is 2.30. The second kappa shape index (κ2) is 74.3. The van der Waals surface area contributed by atoms with Crippen molar-refractivity contribution in [1.29, 1.82) is 0 Å². The Morgan fingerprint density at radius 2 is 0.490 bits per heavy atom. The number of allylic oxidation sites excluding steroid dienone is 8. The molecule has 0 aromatic heterocycles. The number of phosphoric acid groups is 2. The van der Waals surface area contributed by atoms with Crippen LogP contribution in [0, 0.1) is 0 Å². The maximum Gasteiger partial charge on any atom is 0.472 e. The van der Waals surface area contributed by atoms with Gasteiger partial charge in [0, 0.05) is 25.7 Å². The molecule has 19 heteroatoms. The van der Waals surface area contributed by atoms with Gasteiger partial charge in [0.25, 0.3) is 0 Å². The smallest absolute Gasteiger partial charge is 0.462 e. The Morgan fingerprint density at radius 3 is 0.760 bits per heavy atom. The summed E-state index contributed by atoms with van der Waals surface area (Å²) < 4.78 is 68.7. The summed E-state index contributed by atoms with van der Waals surface area (Å²) in [6, 6.07) is 0. The molecule has 0 fully saturated rings. The van der Waals surface area contributed by atoms with Gasteiger partial charge in [-0.25, -0.2) is 9.13 Å². The molecule has 586 valence electrons. The minimum Gasteiger partial charge on any atom is -0.462 e. The number of rotatable bonds is 78. The predicted molar refractivity (Wildman–Crippen MR) is 409 cm³/mol. The molecule has 0 aliphatic carbocycles. The van der Waals surface area contributed by atoms with Gasteiger partial charge in [-0.1, -0.05) is 320 Å². The van der Waals surface area contributed by atoms with E-state index in [0.717, 1.165) is 135 Å². The van der Waals surface area contributed by atoms with E-state index in [-0.39, 0.29) is 25.7 Å². The lowest BCUT2D eigenvalue weighted by molar-refractivity contribution is -0.161. The molecular weight excluding hydrogens is 1310 g/mol. The van der Waals surface area contributed by atoms with Gasteiger partial charge in [-0.15, -0.1) is 0 Å². The fraction of sp³-hybridized carbons (Fsp3) is 0.852. The number of aliphatic hydroxyl groups excluding tert-OH is 1. The number of hydrogen-bond donors (Lipinski definition) is 3. The summed E-state index contributed by atoms with van der Waals surface area (Å²) in [7, 11) is -9.94. The predicted octanol–water partition coefficient (Wildman–Crippen LogP) is 23.7. The zero-order chi connectivity index (χ0) is 73.2. The Hall–Kier alpha value is -2.98. The highest BCUT2D eigenvalue weighted by molar-refractivity contribution is 7.47. The normalized spacial score (nSPS) is 14.1. The van der Waals surface area contributed by atoms with Crippen LogP contribution in [0.15, 0.2) is 48.6 Å². The molecule has 17 nitrogen and oxygen atoms in total. The number of unbranched alkanes of at least 4 members (excludes halogenated alkanes) is 44. The molecule has 0 spiro atoms. The summed E-state index contributed by atoms with van der Waals surface area (Å²) in [4.78, 5) is 73.0. The van der Waals surface area contributed by atoms with Crippen molar-refractivity contribution in [2.24, 2.45) is 0 Å². The van der Waals surface area contributed by atoms with Crippen LogP contribution in [0.4, 0.5) is 0 Å². The summed E-state index contributed by atoms with van der Waals surface area (Å²) in [5, 5.41) is 10.6. The summed E-state index contributed by atoms with van der Waals surface area (Å²) in [5.74, 6) is -2.16. The van der Waals surface area contributed by atoms with E-state index < -0.39 is 97.5 Å². The summed E-state index contributed by atoms with van der Waals surface area (Å²) in [6.45, 7) is 4.89. The first-order chi connectivity index (χ1) is 48.7. The second-order valence-corrected chi connectivity index (χ2v) is 30.6. The molecule has 0 saturated heterocycles. The minimum atomic E-state index is -4.97. The van der Waals surface area contributed by atoms with Gasteiger partial charge in [-0.3, -0.25) is 37.3 Å². The molecule has 0 saturated carbocycles. The molecule has 0 bridgehead atoms. The lowest BCUT2D eigenvalue weighted by Crippen LogP contribution is -2.30. The van der Waals surface area contributed by atoms with E-state index in [1.54, 1.807) is 0 Å². The maximum absolute atomic E-state index is 13.1. The molecule has 0 heterocycles. The number of esters is 4. The molecule has 0 aromatic carbocycles. The average molecular weight is 1460 g/mol. The summed E-state index contributed by atoms with van der Waals surface area (Å²) in [5.41, 5.74) is 0. The van der Waals surface area contributed by atoms with E-state index >= 15 is 0 Å². The van der Waals surface area contributed by atoms with Gasteiger partial charge in [0.05, 0.1) is 26.4 Å². The highest BCUT2D eigenvalue weighted by Crippen LogP contribution is 2.45. The van der Waals surface area contributed by atoms with E-state index in [1.165, 1.54) is 173 Å². The standard InChI is InChI=1S/C81H150O17P2/c1-5-9-13-17-21-25-29-33-36-37-40-44-48-52-56-60-64-68-81(86)98-76(71-91-78(83)65-61-57-53-49-45-41-32-28-24-20-16-12-8-4)73-95-99(87,88)93-69-75(82)70-94-100(89,90)96-74-77(97-80(85)67-63-59-55-51-47-43-39-35-31-27-23-19-15-11-7-3)72-92-79(84)66-62-58-54-50-46-42-38-34-30-26-22-18-14-10-6-2/h22-23,26-27,34-35,38-39,75-77,82H,5-21,24-25,28-33,36-37,40-74H2,1-4H3,(H,87,88)(H,89,90)/b26-22-,27-23-,38-34-,39-35-/t75-,76+,77+/m0/s1. The van der Waals surface area contributed by atoms with E-state index in [9.17, 15) is 43.2 Å². The lowest BCUT2D eigenvalue weighted by atomic mass is 10.0. The fourth-order valence-corrected chi connectivity index (χ4v) is 13.1. The summed E-state index contributed by atoms with van der Waals surface area (Å²) >= 11 is 0. The van der Waals surface area contributed by atoms with Gasteiger partial charge in [0.15, 0.2) is 12.2 Å². The Balaban J connectivity index is 5.32. The van der Waals surface area contributed by atoms with Crippen LogP contribution in [0.25, 0.3) is 0 Å². The average Bonchev–Trinajstić information content (AvgIpc) is 1.11. The Kier molecular flexibility index (Phi) is 72.1. The molecule has 5 atom stereocenters. The van der Waals surface area contributed by atoms with E-state index in [4.69, 9.17) is 37.0 Å². The molecule has 0 rings (SSSR count). The number of carbonyl (C=O) groups is 4. The molecule has 0 aliphatic rings. The van der Waals surface area contributed by atoms with Gasteiger partial charge in [-0.05, 0) is 89.9 Å². The largest absolute Gasteiger partial charge is 0.472 e. The molecule has 0 aliphatic heterocycles. The second-order valence-electron chi connectivity index (χ2n) is 27.7. The molecule has 2 unspecified atom stereocenters. The van der Waals surface area contributed by atoms with Crippen LogP contribution in [0.3, 0.4) is 0 Å². The molecule has 3 N–H and O–H groups in total. The van der Waals surface area contributed by atoms with Crippen molar-refractivity contribution in [3.63, 3.8) is 0 Å². The first-order valence-electron chi connectivity index (χ1n) is 40.9. The monoisotopic (exact) mass is 1460 g/mol. The van der Waals surface area contributed by atoms with E-state index in [2.05, 4.69) is 76.3 Å². The SMILES string of the molecule is CCCCC/C=C\C/C=C\CCCCCCCC(=O)OC[C@H](COP(=O)(O)OC[C@@H](O)COP(=O)(O)OC[C@@H](COC(=O)CCCCCCCCCCCCCCC)OC(=O)CCCCCCCCCCCCCCCCCCC)OC(=O)CCCCCCC/C=C\C/C=C\CCCCC. The van der Waals surface area contributed by atoms with Crippen LogP contribution in [0.2, 0.25) is 0 Å². The van der Waals surface area contributed by atoms with E-state index in [0.29, 0.717) is 25.7 Å². The van der Waals surface area contributed by atoms with Gasteiger partial charge >= 0.3 is 39.5 Å². The number of phosphoric ester groups is 2. The van der Waals surface area contributed by atoms with Crippen LogP contribution >= 0.6 is 15.6 Å². The summed E-state index contributed by atoms with van der Waals surface area (Å²) in [6.07, 6.45) is 72.2. The molecule has 100 heavy (non-hydrogen) atoms. The third-order valence-electron chi connectivity index (χ3n) is 17.8. The minimum absolute atomic E-state index is 0.0806. The van der Waals surface area contributed by atoms with Crippen molar-refractivity contribution in [2.75, 3.05) is 39.6 Å². The van der Waals surface area contributed by atoms with Gasteiger partial charge in [0.1, 0.15) is 19.3 Å². The van der Waals surface area contributed by atoms with Gasteiger partial charge in [0.2, 0.25) is 0 Å². The van der Waals surface area contributed by atoms with Crippen LogP contribution < -0.4 is 0 Å². The van der Waals surface area contributed by atoms with E-state index in [1.807, 2.05) is 0 Å². The first-order valence-corrected chi connectivity index (χ1v) is 43.9. The number of aliphatic hydroxyl groups is 1. The van der Waals surface area contributed by atoms with Crippen molar-refractivity contribution in [1.82, 2.24) is 0 Å². The maximum atomic E-state index is 13.1. The lowest BCUT2D eigenvalue weighted by Gasteiger charge is -2.21. The fourth-order valence-electron chi connectivity index (χ4n) is 11.5. The van der Waals surface area contributed by atoms with Crippen LogP contribution in [-0.4, -0.2) is 96.7 Å². The molecule has 0 amide bonds. The third-order valence-corrected chi connectivity index (χ3v) is 19.7. The zero-order valence-electron chi connectivity index (χ0n) is 64.1. The van der Waals surface area contributed by atoms with Crippen molar-refractivity contribution in [3.8, 4) is 0 Å². The van der Waals surface area contributed by atoms with Crippen molar-refractivity contribution in [3.05, 3.63) is 48.6 Å².